The summed E-state index contributed by atoms with van der Waals surface area (Å²) in [5.74, 6) is 0.583. The molecule has 0 atom stereocenters. The van der Waals surface area contributed by atoms with Crippen molar-refractivity contribution in [2.45, 2.75) is 19.6 Å². The molecule has 0 aliphatic carbocycles. The van der Waals surface area contributed by atoms with Crippen molar-refractivity contribution in [1.82, 2.24) is 14.5 Å². The van der Waals surface area contributed by atoms with Gasteiger partial charge < -0.3 is 4.57 Å². The molecule has 0 spiro atoms. The molecule has 3 nitrogen and oxygen atoms in total. The van der Waals surface area contributed by atoms with Gasteiger partial charge in [0.25, 0.3) is 0 Å². The van der Waals surface area contributed by atoms with E-state index in [2.05, 4.69) is 9.97 Å². The molecule has 3 rings (SSSR count). The van der Waals surface area contributed by atoms with Crippen LogP contribution in [0.2, 0.25) is 0 Å². The van der Waals surface area contributed by atoms with Crippen molar-refractivity contribution < 1.29 is 13.2 Å². The number of aryl methyl sites for hydroxylation is 1. The Hall–Kier alpha value is -2.37. The maximum absolute atomic E-state index is 12.7. The van der Waals surface area contributed by atoms with Gasteiger partial charge in [0.2, 0.25) is 0 Å². The number of aromatic nitrogens is 3. The van der Waals surface area contributed by atoms with E-state index < -0.39 is 12.7 Å². The van der Waals surface area contributed by atoms with E-state index in [1.54, 1.807) is 43.5 Å². The summed E-state index contributed by atoms with van der Waals surface area (Å²) < 4.78 is 39.3. The Morgan fingerprint density at radius 1 is 1.14 bits per heavy atom. The molecule has 0 amide bonds. The number of benzene rings is 1. The second kappa shape index (κ2) is 4.87. The molecule has 0 saturated heterocycles. The topological polar surface area (TPSA) is 30.7 Å². The number of alkyl halides is 3. The van der Waals surface area contributed by atoms with Crippen LogP contribution in [0.3, 0.4) is 0 Å². The largest absolute Gasteiger partial charge is 0.406 e. The molecular weight excluding hydrogens is 279 g/mol. The highest BCUT2D eigenvalue weighted by Gasteiger charge is 2.29. The van der Waals surface area contributed by atoms with Gasteiger partial charge in [0.05, 0.1) is 5.69 Å². The van der Waals surface area contributed by atoms with E-state index in [1.165, 1.54) is 10.8 Å². The number of hydrogen-bond acceptors (Lipinski definition) is 2. The van der Waals surface area contributed by atoms with E-state index in [9.17, 15) is 13.2 Å². The molecule has 0 aliphatic heterocycles. The van der Waals surface area contributed by atoms with Crippen LogP contribution in [-0.2, 0) is 6.54 Å². The Balaban J connectivity index is 2.20. The fourth-order valence-electron chi connectivity index (χ4n) is 2.38. The van der Waals surface area contributed by atoms with Crippen molar-refractivity contribution in [2.24, 2.45) is 0 Å². The number of para-hydroxylation sites is 1. The first-order valence-corrected chi connectivity index (χ1v) is 6.39. The molecule has 0 radical (unpaired) electrons. The first-order valence-electron chi connectivity index (χ1n) is 6.39. The van der Waals surface area contributed by atoms with Crippen molar-refractivity contribution in [2.75, 3.05) is 0 Å². The average Bonchev–Trinajstić information content (AvgIpc) is 2.76. The van der Waals surface area contributed by atoms with E-state index >= 15 is 0 Å². The summed E-state index contributed by atoms with van der Waals surface area (Å²) in [5, 5.41) is 0.750. The normalized spacial score (nSPS) is 12.0. The lowest BCUT2D eigenvalue weighted by atomic mass is 10.1. The monoisotopic (exact) mass is 291 g/mol. The predicted octanol–water partition coefficient (Wildman–Crippen LogP) is 3.97. The Morgan fingerprint density at radius 3 is 2.62 bits per heavy atom. The third-order valence-corrected chi connectivity index (χ3v) is 3.19. The smallest absolute Gasteiger partial charge is 0.338 e. The van der Waals surface area contributed by atoms with Gasteiger partial charge in [0.1, 0.15) is 12.4 Å². The molecule has 0 fully saturated rings. The molecule has 0 saturated carbocycles. The zero-order valence-corrected chi connectivity index (χ0v) is 11.2. The van der Waals surface area contributed by atoms with Crippen molar-refractivity contribution in [3.8, 4) is 11.3 Å². The minimum absolute atomic E-state index is 0.543. The minimum Gasteiger partial charge on any atom is -0.338 e. The van der Waals surface area contributed by atoms with Crippen molar-refractivity contribution in [3.63, 3.8) is 0 Å². The summed E-state index contributed by atoms with van der Waals surface area (Å²) in [7, 11) is 0. The first kappa shape index (κ1) is 13.6. The number of halogens is 3. The van der Waals surface area contributed by atoms with Crippen LogP contribution in [0.25, 0.3) is 22.2 Å². The SMILES string of the molecule is Cc1nccc(-c2cn(CC(F)(F)F)c3ccccc23)n1. The summed E-state index contributed by atoms with van der Waals surface area (Å²) in [6.45, 7) is 0.732. The number of fused-ring (bicyclic) bond motifs is 1. The second-order valence-electron chi connectivity index (χ2n) is 4.79. The standard InChI is InChI=1S/C15H12F3N3/c1-10-19-7-6-13(20-10)12-8-21(9-15(16,17)18)14-5-3-2-4-11(12)14/h2-8H,9H2,1H3. The second-order valence-corrected chi connectivity index (χ2v) is 4.79. The zero-order chi connectivity index (χ0) is 15.0. The molecule has 2 aromatic heterocycles. The van der Waals surface area contributed by atoms with Crippen molar-refractivity contribution in [1.29, 1.82) is 0 Å². The number of hydrogen-bond donors (Lipinski definition) is 0. The molecule has 6 heteroatoms. The van der Waals surface area contributed by atoms with Crippen molar-refractivity contribution in [3.05, 3.63) is 48.5 Å². The molecule has 0 unspecified atom stereocenters. The van der Waals surface area contributed by atoms with Gasteiger partial charge in [-0.25, -0.2) is 9.97 Å². The highest BCUT2D eigenvalue weighted by atomic mass is 19.4. The number of rotatable bonds is 2. The van der Waals surface area contributed by atoms with E-state index in [4.69, 9.17) is 0 Å². The van der Waals surface area contributed by atoms with Gasteiger partial charge in [-0.3, -0.25) is 0 Å². The van der Waals surface area contributed by atoms with Crippen LogP contribution in [0.1, 0.15) is 5.82 Å². The minimum atomic E-state index is -4.26. The molecule has 21 heavy (non-hydrogen) atoms. The highest BCUT2D eigenvalue weighted by Crippen LogP contribution is 2.31. The summed E-state index contributed by atoms with van der Waals surface area (Å²) in [6, 6.07) is 8.71. The Labute approximate surface area is 119 Å². The van der Waals surface area contributed by atoms with Crippen LogP contribution in [0, 0.1) is 6.92 Å². The van der Waals surface area contributed by atoms with E-state index in [0.717, 1.165) is 5.39 Å². The fourth-order valence-corrected chi connectivity index (χ4v) is 2.38. The van der Waals surface area contributed by atoms with E-state index in [1.807, 2.05) is 0 Å². The Morgan fingerprint density at radius 2 is 1.90 bits per heavy atom. The predicted molar refractivity (Wildman–Crippen MR) is 73.8 cm³/mol. The van der Waals surface area contributed by atoms with Gasteiger partial charge in [-0.15, -0.1) is 0 Å². The molecule has 0 N–H and O–H groups in total. The van der Waals surface area contributed by atoms with Crippen LogP contribution >= 0.6 is 0 Å². The number of nitrogens with zero attached hydrogens (tertiary/aromatic N) is 3. The third-order valence-electron chi connectivity index (χ3n) is 3.19. The van der Waals surface area contributed by atoms with Gasteiger partial charge in [0, 0.05) is 28.9 Å². The first-order chi connectivity index (χ1) is 9.94. The third kappa shape index (κ3) is 2.74. The van der Waals surface area contributed by atoms with Crippen molar-refractivity contribution >= 4 is 10.9 Å². The lowest BCUT2D eigenvalue weighted by molar-refractivity contribution is -0.139. The van der Waals surface area contributed by atoms with Gasteiger partial charge in [-0.05, 0) is 19.1 Å². The Kier molecular flexibility index (Phi) is 3.16. The van der Waals surface area contributed by atoms with Crippen LogP contribution < -0.4 is 0 Å². The summed E-state index contributed by atoms with van der Waals surface area (Å²) in [5.41, 5.74) is 1.85. The van der Waals surface area contributed by atoms with E-state index in [-0.39, 0.29) is 0 Å². The Bertz CT molecular complexity index is 790. The lowest BCUT2D eigenvalue weighted by Crippen LogP contribution is -2.16. The summed E-state index contributed by atoms with van der Waals surface area (Å²) >= 11 is 0. The van der Waals surface area contributed by atoms with Crippen LogP contribution in [0.5, 0.6) is 0 Å². The van der Waals surface area contributed by atoms with Gasteiger partial charge in [-0.2, -0.15) is 13.2 Å². The van der Waals surface area contributed by atoms with Crippen LogP contribution in [-0.4, -0.2) is 20.7 Å². The molecular formula is C15H12F3N3. The molecule has 2 heterocycles. The zero-order valence-electron chi connectivity index (χ0n) is 11.2. The maximum Gasteiger partial charge on any atom is 0.406 e. The summed E-state index contributed by atoms with van der Waals surface area (Å²) in [4.78, 5) is 8.31. The molecule has 3 aromatic rings. The molecule has 1 aromatic carbocycles. The molecule has 0 aliphatic rings. The molecule has 108 valence electrons. The lowest BCUT2D eigenvalue weighted by Gasteiger charge is -2.08. The highest BCUT2D eigenvalue weighted by molar-refractivity contribution is 5.95. The van der Waals surface area contributed by atoms with Gasteiger partial charge >= 0.3 is 6.18 Å². The van der Waals surface area contributed by atoms with Crippen LogP contribution in [0.4, 0.5) is 13.2 Å². The fraction of sp³-hybridized carbons (Fsp3) is 0.200. The van der Waals surface area contributed by atoms with Gasteiger partial charge in [-0.1, -0.05) is 18.2 Å². The summed E-state index contributed by atoms with van der Waals surface area (Å²) in [6.07, 6.45) is -1.16. The average molecular weight is 291 g/mol. The van der Waals surface area contributed by atoms with Crippen LogP contribution in [0.15, 0.2) is 42.7 Å². The molecule has 0 bridgehead atoms. The quantitative estimate of drug-likeness (QED) is 0.715. The van der Waals surface area contributed by atoms with E-state index in [0.29, 0.717) is 22.6 Å². The van der Waals surface area contributed by atoms with Gasteiger partial charge in [0.15, 0.2) is 0 Å². The maximum atomic E-state index is 12.7.